The zero-order valence-corrected chi connectivity index (χ0v) is 17.5. The second kappa shape index (κ2) is 7.59. The van der Waals surface area contributed by atoms with E-state index in [0.717, 1.165) is 6.07 Å². The van der Waals surface area contributed by atoms with Crippen molar-refractivity contribution in [2.45, 2.75) is 10.4 Å². The third-order valence-corrected chi connectivity index (χ3v) is 6.65. The lowest BCUT2D eigenvalue weighted by atomic mass is 9.99. The second-order valence-electron chi connectivity index (χ2n) is 7.11. The number of sulfone groups is 1. The van der Waals surface area contributed by atoms with Crippen molar-refractivity contribution in [2.75, 3.05) is 0 Å². The average Bonchev–Trinajstić information content (AvgIpc) is 2.82. The Bertz CT molecular complexity index is 1620. The Hall–Kier alpha value is -3.92. The van der Waals surface area contributed by atoms with Crippen molar-refractivity contribution in [2.24, 2.45) is 0 Å². The highest BCUT2D eigenvalue weighted by Crippen LogP contribution is 2.42. The standard InChI is InChI=1S/C23H13F3N4O2S/c24-23(25,26)33(31,32)19-10-9-14-5-1-2-6-15(14)20(19)21-16-7-3-4-8-17(16)29-22(30-21)18-13-27-11-12-28-18/h1-13H. The molecule has 0 bridgehead atoms. The lowest BCUT2D eigenvalue weighted by molar-refractivity contribution is -0.0435. The molecular formula is C23H13F3N4O2S. The molecule has 0 spiro atoms. The highest BCUT2D eigenvalue weighted by Gasteiger charge is 2.48. The highest BCUT2D eigenvalue weighted by atomic mass is 32.2. The van der Waals surface area contributed by atoms with E-state index >= 15 is 0 Å². The molecule has 0 saturated heterocycles. The molecule has 0 N–H and O–H groups in total. The summed E-state index contributed by atoms with van der Waals surface area (Å²) >= 11 is 0. The van der Waals surface area contributed by atoms with Crippen LogP contribution >= 0.6 is 0 Å². The molecule has 5 aromatic rings. The van der Waals surface area contributed by atoms with Crippen LogP contribution in [0, 0.1) is 0 Å². The van der Waals surface area contributed by atoms with Gasteiger partial charge >= 0.3 is 5.51 Å². The summed E-state index contributed by atoms with van der Waals surface area (Å²) < 4.78 is 66.1. The summed E-state index contributed by atoms with van der Waals surface area (Å²) in [6, 6.07) is 15.6. The summed E-state index contributed by atoms with van der Waals surface area (Å²) in [7, 11) is -5.68. The number of para-hydroxylation sites is 1. The Morgan fingerprint density at radius 1 is 0.788 bits per heavy atom. The molecule has 6 nitrogen and oxygen atoms in total. The van der Waals surface area contributed by atoms with Crippen molar-refractivity contribution in [3.05, 3.63) is 79.3 Å². The first-order chi connectivity index (χ1) is 15.8. The molecule has 2 heterocycles. The number of benzene rings is 3. The van der Waals surface area contributed by atoms with Crippen LogP contribution in [-0.4, -0.2) is 33.9 Å². The number of rotatable bonds is 3. The van der Waals surface area contributed by atoms with Gasteiger partial charge in [-0.3, -0.25) is 4.98 Å². The number of hydrogen-bond donors (Lipinski definition) is 0. The van der Waals surface area contributed by atoms with Gasteiger partial charge in [0.15, 0.2) is 5.82 Å². The van der Waals surface area contributed by atoms with Gasteiger partial charge in [0.25, 0.3) is 9.84 Å². The van der Waals surface area contributed by atoms with Crippen LogP contribution in [-0.2, 0) is 9.84 Å². The van der Waals surface area contributed by atoms with Gasteiger partial charge in [-0.05, 0) is 22.9 Å². The number of fused-ring (bicyclic) bond motifs is 2. The molecule has 5 rings (SSSR count). The van der Waals surface area contributed by atoms with E-state index in [1.807, 2.05) is 0 Å². The van der Waals surface area contributed by atoms with E-state index in [-0.39, 0.29) is 17.1 Å². The average molecular weight is 466 g/mol. The van der Waals surface area contributed by atoms with E-state index in [1.165, 1.54) is 24.7 Å². The first kappa shape index (κ1) is 21.0. The zero-order chi connectivity index (χ0) is 23.2. The maximum absolute atomic E-state index is 13.6. The fraction of sp³-hybridized carbons (Fsp3) is 0.0435. The van der Waals surface area contributed by atoms with Crippen LogP contribution in [0.15, 0.2) is 84.1 Å². The molecule has 3 aromatic carbocycles. The Kier molecular flexibility index (Phi) is 4.82. The van der Waals surface area contributed by atoms with E-state index in [9.17, 15) is 21.6 Å². The Balaban J connectivity index is 1.96. The fourth-order valence-corrected chi connectivity index (χ4v) is 4.61. The van der Waals surface area contributed by atoms with Crippen molar-refractivity contribution in [3.63, 3.8) is 0 Å². The molecule has 2 aromatic heterocycles. The third-order valence-electron chi connectivity index (χ3n) is 5.12. The van der Waals surface area contributed by atoms with Crippen LogP contribution in [0.5, 0.6) is 0 Å². The molecule has 0 aliphatic rings. The first-order valence-corrected chi connectivity index (χ1v) is 11.1. The lowest BCUT2D eigenvalue weighted by Gasteiger charge is -2.17. The lowest BCUT2D eigenvalue weighted by Crippen LogP contribution is -2.24. The summed E-state index contributed by atoms with van der Waals surface area (Å²) in [5.41, 5.74) is -4.85. The minimum atomic E-state index is -5.68. The minimum Gasteiger partial charge on any atom is -0.261 e. The quantitative estimate of drug-likeness (QED) is 0.363. The summed E-state index contributed by atoms with van der Waals surface area (Å²) in [6.07, 6.45) is 4.32. The molecule has 0 amide bonds. The molecule has 164 valence electrons. The maximum Gasteiger partial charge on any atom is 0.501 e. The zero-order valence-electron chi connectivity index (χ0n) is 16.7. The summed E-state index contributed by atoms with van der Waals surface area (Å²) in [5, 5.41) is 1.29. The molecule has 33 heavy (non-hydrogen) atoms. The van der Waals surface area contributed by atoms with Crippen LogP contribution in [0.2, 0.25) is 0 Å². The molecule has 0 aliphatic carbocycles. The van der Waals surface area contributed by atoms with Gasteiger partial charge in [-0.15, -0.1) is 0 Å². The van der Waals surface area contributed by atoms with Crippen LogP contribution in [0.1, 0.15) is 0 Å². The predicted molar refractivity (Wildman–Crippen MR) is 117 cm³/mol. The molecule has 0 atom stereocenters. The van der Waals surface area contributed by atoms with Crippen molar-refractivity contribution in [1.82, 2.24) is 19.9 Å². The fourth-order valence-electron chi connectivity index (χ4n) is 3.64. The predicted octanol–water partition coefficient (Wildman–Crippen LogP) is 5.20. The Labute approximate surface area is 185 Å². The number of alkyl halides is 3. The molecule has 0 saturated carbocycles. The van der Waals surface area contributed by atoms with Crippen LogP contribution in [0.4, 0.5) is 13.2 Å². The third kappa shape index (κ3) is 3.48. The SMILES string of the molecule is O=S(=O)(c1ccc2ccccc2c1-c1nc(-c2cnccn2)nc2ccccc12)C(F)(F)F. The van der Waals surface area contributed by atoms with Crippen LogP contribution in [0.3, 0.4) is 0 Å². The van der Waals surface area contributed by atoms with E-state index in [1.54, 1.807) is 48.5 Å². The van der Waals surface area contributed by atoms with Crippen molar-refractivity contribution in [3.8, 4) is 22.8 Å². The maximum atomic E-state index is 13.6. The molecule has 0 aliphatic heterocycles. The normalized spacial score (nSPS) is 12.3. The molecule has 10 heteroatoms. The molecule has 0 fully saturated rings. The minimum absolute atomic E-state index is 0.0564. The Morgan fingerprint density at radius 3 is 2.24 bits per heavy atom. The number of halogens is 3. The molecule has 0 unspecified atom stereocenters. The smallest absolute Gasteiger partial charge is 0.261 e. The number of aromatic nitrogens is 4. The monoisotopic (exact) mass is 466 g/mol. The van der Waals surface area contributed by atoms with E-state index < -0.39 is 20.2 Å². The van der Waals surface area contributed by atoms with E-state index in [2.05, 4.69) is 19.9 Å². The van der Waals surface area contributed by atoms with Gasteiger partial charge in [0.1, 0.15) is 5.69 Å². The topological polar surface area (TPSA) is 85.7 Å². The van der Waals surface area contributed by atoms with Crippen LogP contribution in [0.25, 0.3) is 44.5 Å². The highest BCUT2D eigenvalue weighted by molar-refractivity contribution is 7.92. The number of nitrogens with zero attached hydrogens (tertiary/aromatic N) is 4. The van der Waals surface area contributed by atoms with Crippen LogP contribution < -0.4 is 0 Å². The first-order valence-electron chi connectivity index (χ1n) is 9.64. The van der Waals surface area contributed by atoms with Gasteiger partial charge in [0.2, 0.25) is 0 Å². The van der Waals surface area contributed by atoms with Gasteiger partial charge in [-0.1, -0.05) is 48.5 Å². The summed E-state index contributed by atoms with van der Waals surface area (Å²) in [6.45, 7) is 0. The van der Waals surface area contributed by atoms with Crippen molar-refractivity contribution >= 4 is 31.5 Å². The largest absolute Gasteiger partial charge is 0.501 e. The van der Waals surface area contributed by atoms with Gasteiger partial charge in [-0.25, -0.2) is 23.4 Å². The van der Waals surface area contributed by atoms with E-state index in [0.29, 0.717) is 27.4 Å². The van der Waals surface area contributed by atoms with Crippen molar-refractivity contribution < 1.29 is 21.6 Å². The van der Waals surface area contributed by atoms with Crippen molar-refractivity contribution in [1.29, 1.82) is 0 Å². The molecular weight excluding hydrogens is 453 g/mol. The second-order valence-corrected chi connectivity index (χ2v) is 9.02. The van der Waals surface area contributed by atoms with Gasteiger partial charge < -0.3 is 0 Å². The van der Waals surface area contributed by atoms with E-state index in [4.69, 9.17) is 0 Å². The molecule has 0 radical (unpaired) electrons. The Morgan fingerprint density at radius 2 is 1.52 bits per heavy atom. The van der Waals surface area contributed by atoms with Gasteiger partial charge in [-0.2, -0.15) is 13.2 Å². The number of hydrogen-bond acceptors (Lipinski definition) is 6. The van der Waals surface area contributed by atoms with Gasteiger partial charge in [0.05, 0.1) is 22.3 Å². The van der Waals surface area contributed by atoms with Gasteiger partial charge in [0, 0.05) is 23.3 Å². The summed E-state index contributed by atoms with van der Waals surface area (Å²) in [4.78, 5) is 16.3. The summed E-state index contributed by atoms with van der Waals surface area (Å²) in [5.74, 6) is 0.111.